The van der Waals surface area contributed by atoms with E-state index < -0.39 is 10.0 Å². The van der Waals surface area contributed by atoms with Crippen molar-refractivity contribution in [2.24, 2.45) is 5.10 Å². The lowest BCUT2D eigenvalue weighted by Crippen LogP contribution is -2.19. The van der Waals surface area contributed by atoms with Gasteiger partial charge in [0.25, 0.3) is 10.0 Å². The van der Waals surface area contributed by atoms with Gasteiger partial charge in [0.1, 0.15) is 0 Å². The van der Waals surface area contributed by atoms with Crippen LogP contribution in [0.2, 0.25) is 0 Å². The molecule has 0 spiro atoms. The van der Waals surface area contributed by atoms with Crippen LogP contribution in [0.1, 0.15) is 12.5 Å². The monoisotopic (exact) mass is 275 g/mol. The minimum atomic E-state index is -3.62. The third-order valence-electron chi connectivity index (χ3n) is 2.47. The lowest BCUT2D eigenvalue weighted by molar-refractivity contribution is 0.584. The van der Waals surface area contributed by atoms with Crippen LogP contribution in [0, 0.1) is 0 Å². The molecule has 0 aliphatic rings. The molecule has 0 unspecified atom stereocenters. The van der Waals surface area contributed by atoms with Crippen molar-refractivity contribution in [2.75, 3.05) is 0 Å². The zero-order chi connectivity index (χ0) is 13.7. The second-order valence-electron chi connectivity index (χ2n) is 3.85. The van der Waals surface area contributed by atoms with Gasteiger partial charge in [-0.15, -0.1) is 0 Å². The molecule has 0 fully saturated rings. The molecule has 6 heteroatoms. The van der Waals surface area contributed by atoms with Gasteiger partial charge >= 0.3 is 0 Å². The molecule has 0 radical (unpaired) electrons. The summed E-state index contributed by atoms with van der Waals surface area (Å²) < 4.78 is 23.9. The summed E-state index contributed by atoms with van der Waals surface area (Å²) in [5.74, 6) is 0. The maximum atomic E-state index is 11.9. The van der Waals surface area contributed by atoms with E-state index >= 15 is 0 Å². The Morgan fingerprint density at radius 1 is 1.16 bits per heavy atom. The number of sulfonamides is 1. The van der Waals surface area contributed by atoms with Gasteiger partial charge in [-0.2, -0.15) is 18.4 Å². The molecule has 0 amide bonds. The lowest BCUT2D eigenvalue weighted by atomic mass is 10.2. The molecule has 1 aromatic carbocycles. The standard InChI is InChI=1S/C13H13N3O2S/c1-11(12-6-5-9-14-10-12)15-16-19(17,18)13-7-3-2-4-8-13/h2-10,16H,1H3/b15-11-. The fraction of sp³-hybridized carbons (Fsp3) is 0.0769. The fourth-order valence-electron chi connectivity index (χ4n) is 1.42. The highest BCUT2D eigenvalue weighted by Gasteiger charge is 2.11. The van der Waals surface area contributed by atoms with E-state index in [2.05, 4.69) is 14.9 Å². The maximum absolute atomic E-state index is 11.9. The quantitative estimate of drug-likeness (QED) is 0.683. The van der Waals surface area contributed by atoms with Gasteiger partial charge in [0.2, 0.25) is 0 Å². The van der Waals surface area contributed by atoms with Crippen molar-refractivity contribution < 1.29 is 8.42 Å². The van der Waals surface area contributed by atoms with Crippen LogP contribution in [0.3, 0.4) is 0 Å². The van der Waals surface area contributed by atoms with Gasteiger partial charge in [-0.1, -0.05) is 24.3 Å². The molecule has 98 valence electrons. The van der Waals surface area contributed by atoms with Crippen LogP contribution >= 0.6 is 0 Å². The van der Waals surface area contributed by atoms with Gasteiger partial charge in [-0.05, 0) is 25.1 Å². The summed E-state index contributed by atoms with van der Waals surface area (Å²) in [7, 11) is -3.62. The zero-order valence-electron chi connectivity index (χ0n) is 10.3. The molecule has 0 saturated heterocycles. The smallest absolute Gasteiger partial charge is 0.264 e. The zero-order valence-corrected chi connectivity index (χ0v) is 11.1. The molecule has 0 saturated carbocycles. The van der Waals surface area contributed by atoms with E-state index in [1.54, 1.807) is 43.6 Å². The number of benzene rings is 1. The summed E-state index contributed by atoms with van der Waals surface area (Å²) in [6, 6.07) is 11.7. The number of nitrogens with zero attached hydrogens (tertiary/aromatic N) is 2. The molecule has 0 aliphatic carbocycles. The average Bonchev–Trinajstić information content (AvgIpc) is 2.47. The molecular formula is C13H13N3O2S. The normalized spacial score (nSPS) is 12.2. The van der Waals surface area contributed by atoms with Crippen LogP contribution in [0.15, 0.2) is 64.9 Å². The Kier molecular flexibility index (Phi) is 3.91. The summed E-state index contributed by atoms with van der Waals surface area (Å²) in [6.07, 6.45) is 3.26. The van der Waals surface area contributed by atoms with Gasteiger partial charge in [0.05, 0.1) is 10.6 Å². The minimum Gasteiger partial charge on any atom is -0.264 e. The van der Waals surface area contributed by atoms with Crippen molar-refractivity contribution in [1.29, 1.82) is 0 Å². The second-order valence-corrected chi connectivity index (χ2v) is 5.51. The number of hydrogen-bond donors (Lipinski definition) is 1. The fourth-order valence-corrected chi connectivity index (χ4v) is 2.30. The van der Waals surface area contributed by atoms with Gasteiger partial charge < -0.3 is 0 Å². The van der Waals surface area contributed by atoms with E-state index in [9.17, 15) is 8.42 Å². The Morgan fingerprint density at radius 2 is 1.89 bits per heavy atom. The molecule has 0 atom stereocenters. The van der Waals surface area contributed by atoms with Crippen LogP contribution in [0.5, 0.6) is 0 Å². The Labute approximate surface area is 112 Å². The van der Waals surface area contributed by atoms with Gasteiger partial charge in [-0.3, -0.25) is 4.98 Å². The number of hydrogen-bond acceptors (Lipinski definition) is 4. The Morgan fingerprint density at radius 3 is 2.53 bits per heavy atom. The van der Waals surface area contributed by atoms with E-state index in [1.807, 2.05) is 6.07 Å². The van der Waals surface area contributed by atoms with E-state index in [-0.39, 0.29) is 4.90 Å². The number of rotatable bonds is 4. The van der Waals surface area contributed by atoms with Crippen LogP contribution in [0.25, 0.3) is 0 Å². The molecule has 0 bridgehead atoms. The second kappa shape index (κ2) is 5.62. The van der Waals surface area contributed by atoms with E-state index in [0.29, 0.717) is 5.71 Å². The van der Waals surface area contributed by atoms with E-state index in [0.717, 1.165) is 5.56 Å². The first-order chi connectivity index (χ1) is 9.09. The third kappa shape index (κ3) is 3.38. The van der Waals surface area contributed by atoms with Gasteiger partial charge in [0, 0.05) is 18.0 Å². The highest BCUT2D eigenvalue weighted by molar-refractivity contribution is 7.89. The number of aromatic nitrogens is 1. The first kappa shape index (κ1) is 13.2. The minimum absolute atomic E-state index is 0.178. The van der Waals surface area contributed by atoms with Crippen molar-refractivity contribution in [1.82, 2.24) is 9.82 Å². The average molecular weight is 275 g/mol. The molecule has 1 aromatic heterocycles. The van der Waals surface area contributed by atoms with Crippen molar-refractivity contribution in [2.45, 2.75) is 11.8 Å². The topological polar surface area (TPSA) is 71.4 Å². The van der Waals surface area contributed by atoms with Crippen LogP contribution in [0.4, 0.5) is 0 Å². The number of hydrazone groups is 1. The van der Waals surface area contributed by atoms with Crippen molar-refractivity contribution in [3.8, 4) is 0 Å². The summed E-state index contributed by atoms with van der Waals surface area (Å²) in [4.78, 5) is 6.33. The predicted octanol–water partition coefficient (Wildman–Crippen LogP) is 1.78. The van der Waals surface area contributed by atoms with E-state index in [1.165, 1.54) is 12.1 Å². The number of nitrogens with one attached hydrogen (secondary N) is 1. The molecular weight excluding hydrogens is 262 g/mol. The van der Waals surface area contributed by atoms with Crippen LogP contribution in [-0.4, -0.2) is 19.1 Å². The summed E-state index contributed by atoms with van der Waals surface area (Å²) >= 11 is 0. The molecule has 5 nitrogen and oxygen atoms in total. The van der Waals surface area contributed by atoms with Crippen LogP contribution in [-0.2, 0) is 10.0 Å². The SMILES string of the molecule is C/C(=N/NS(=O)(=O)c1ccccc1)c1cccnc1. The first-order valence-electron chi connectivity index (χ1n) is 5.61. The van der Waals surface area contributed by atoms with Crippen LogP contribution < -0.4 is 4.83 Å². The Hall–Kier alpha value is -2.21. The van der Waals surface area contributed by atoms with Crippen molar-refractivity contribution >= 4 is 15.7 Å². The first-order valence-corrected chi connectivity index (χ1v) is 7.09. The third-order valence-corrected chi connectivity index (χ3v) is 3.69. The Balaban J connectivity index is 2.19. The largest absolute Gasteiger partial charge is 0.276 e. The highest BCUT2D eigenvalue weighted by atomic mass is 32.2. The maximum Gasteiger partial charge on any atom is 0.276 e. The van der Waals surface area contributed by atoms with Gasteiger partial charge in [0.15, 0.2) is 0 Å². The summed E-state index contributed by atoms with van der Waals surface area (Å²) in [5.41, 5.74) is 1.31. The van der Waals surface area contributed by atoms with Crippen molar-refractivity contribution in [3.05, 3.63) is 60.4 Å². The summed E-state index contributed by atoms with van der Waals surface area (Å²) in [5, 5.41) is 3.88. The molecule has 2 rings (SSSR count). The molecule has 19 heavy (non-hydrogen) atoms. The lowest BCUT2D eigenvalue weighted by Gasteiger charge is -2.04. The summed E-state index contributed by atoms with van der Waals surface area (Å²) in [6.45, 7) is 1.71. The molecule has 0 aliphatic heterocycles. The number of pyridine rings is 1. The molecule has 2 aromatic rings. The highest BCUT2D eigenvalue weighted by Crippen LogP contribution is 2.07. The van der Waals surface area contributed by atoms with Crippen molar-refractivity contribution in [3.63, 3.8) is 0 Å². The predicted molar refractivity (Wildman–Crippen MR) is 73.2 cm³/mol. The molecule has 1 N–H and O–H groups in total. The Bertz CT molecular complexity index is 668. The van der Waals surface area contributed by atoms with Gasteiger partial charge in [-0.25, -0.2) is 0 Å². The molecule has 1 heterocycles. The van der Waals surface area contributed by atoms with E-state index in [4.69, 9.17) is 0 Å².